The first-order valence-corrected chi connectivity index (χ1v) is 9.30. The van der Waals surface area contributed by atoms with Crippen LogP contribution in [0.5, 0.6) is 0 Å². The number of hydrogen-bond donors (Lipinski definition) is 1. The molecule has 5 nitrogen and oxygen atoms in total. The summed E-state index contributed by atoms with van der Waals surface area (Å²) in [7, 11) is 0. The maximum absolute atomic E-state index is 11.5. The second kappa shape index (κ2) is 12.9. The summed E-state index contributed by atoms with van der Waals surface area (Å²) in [5, 5.41) is 10.3. The van der Waals surface area contributed by atoms with E-state index in [2.05, 4.69) is 9.98 Å². The van der Waals surface area contributed by atoms with Gasteiger partial charge in [-0.25, -0.2) is 0 Å². The average molecular weight is 442 g/mol. The maximum atomic E-state index is 11.5. The van der Waals surface area contributed by atoms with Gasteiger partial charge in [-0.3, -0.25) is 19.6 Å². The third-order valence-electron chi connectivity index (χ3n) is 4.03. The molecule has 6 heteroatoms. The predicted molar refractivity (Wildman–Crippen MR) is 112 cm³/mol. The van der Waals surface area contributed by atoms with E-state index in [1.165, 1.54) is 13.8 Å². The molecule has 0 spiro atoms. The van der Waals surface area contributed by atoms with Gasteiger partial charge >= 0.3 is 0 Å². The standard InChI is InChI=1S/C23H26N2O3.Cu/c1-17(26)13-22(19-9-5-3-6-10-19)24-15-21(28)16-25-23(14-18(2)27)20-11-7-4-8-12-20;/h3-12,21,28H,13-16H2,1-2H3;. The van der Waals surface area contributed by atoms with Crippen molar-refractivity contribution in [2.24, 2.45) is 9.98 Å². The molecule has 1 N–H and O–H groups in total. The molecule has 29 heavy (non-hydrogen) atoms. The third-order valence-corrected chi connectivity index (χ3v) is 4.03. The summed E-state index contributed by atoms with van der Waals surface area (Å²) in [5.74, 6) is 0.0332. The molecule has 157 valence electrons. The molecule has 2 rings (SSSR count). The van der Waals surface area contributed by atoms with Crippen LogP contribution in [0.15, 0.2) is 70.6 Å². The first-order valence-electron chi connectivity index (χ1n) is 9.30. The van der Waals surface area contributed by atoms with E-state index in [4.69, 9.17) is 0 Å². The van der Waals surface area contributed by atoms with E-state index >= 15 is 0 Å². The molecule has 0 bridgehead atoms. The number of carbonyl (C=O) groups is 2. The van der Waals surface area contributed by atoms with E-state index in [1.54, 1.807) is 0 Å². The van der Waals surface area contributed by atoms with Crippen LogP contribution in [0.3, 0.4) is 0 Å². The van der Waals surface area contributed by atoms with Crippen molar-refractivity contribution in [1.29, 1.82) is 0 Å². The largest absolute Gasteiger partial charge is 0.389 e. The Morgan fingerprint density at radius 3 is 1.41 bits per heavy atom. The SMILES string of the molecule is CC(=O)CC(=NCC(O)CN=C(CC(C)=O)c1ccccc1)c1ccccc1.[Cu]. The van der Waals surface area contributed by atoms with E-state index in [9.17, 15) is 14.7 Å². The Morgan fingerprint density at radius 1 is 0.759 bits per heavy atom. The molecular formula is C23H26CuN2O3. The summed E-state index contributed by atoms with van der Waals surface area (Å²) >= 11 is 0. The van der Waals surface area contributed by atoms with Crippen molar-refractivity contribution in [3.8, 4) is 0 Å². The second-order valence-electron chi connectivity index (χ2n) is 6.72. The van der Waals surface area contributed by atoms with Gasteiger partial charge in [-0.1, -0.05) is 60.7 Å². The van der Waals surface area contributed by atoms with Gasteiger partial charge in [0.05, 0.1) is 19.2 Å². The monoisotopic (exact) mass is 441 g/mol. The third kappa shape index (κ3) is 9.09. The molecule has 0 aliphatic heterocycles. The first-order chi connectivity index (χ1) is 13.5. The number of aliphatic hydroxyl groups excluding tert-OH is 1. The fourth-order valence-corrected chi connectivity index (χ4v) is 2.72. The Balaban J connectivity index is 0.00000420. The minimum Gasteiger partial charge on any atom is -0.389 e. The van der Waals surface area contributed by atoms with Crippen LogP contribution in [-0.4, -0.2) is 47.3 Å². The second-order valence-corrected chi connectivity index (χ2v) is 6.72. The van der Waals surface area contributed by atoms with Crippen LogP contribution in [0.4, 0.5) is 0 Å². The normalized spacial score (nSPS) is 12.8. The quantitative estimate of drug-likeness (QED) is 0.454. The van der Waals surface area contributed by atoms with Crippen molar-refractivity contribution in [3.05, 3.63) is 71.8 Å². The molecule has 0 fully saturated rings. The van der Waals surface area contributed by atoms with Crippen molar-refractivity contribution in [2.45, 2.75) is 32.8 Å². The molecule has 0 aliphatic carbocycles. The number of hydrogen-bond acceptors (Lipinski definition) is 5. The summed E-state index contributed by atoms with van der Waals surface area (Å²) in [6.45, 7) is 3.33. The van der Waals surface area contributed by atoms with Crippen LogP contribution in [0.1, 0.15) is 37.8 Å². The zero-order chi connectivity index (χ0) is 20.4. The van der Waals surface area contributed by atoms with E-state index < -0.39 is 6.10 Å². The number of ketones is 2. The number of carbonyl (C=O) groups excluding carboxylic acids is 2. The number of rotatable bonds is 10. The molecule has 0 amide bonds. The summed E-state index contributed by atoms with van der Waals surface area (Å²) in [6.07, 6.45) is -0.351. The summed E-state index contributed by atoms with van der Waals surface area (Å²) in [5.41, 5.74) is 3.05. The minimum absolute atomic E-state index is 0. The fourth-order valence-electron chi connectivity index (χ4n) is 2.72. The molecule has 1 radical (unpaired) electrons. The van der Waals surface area contributed by atoms with Gasteiger partial charge in [-0.2, -0.15) is 0 Å². The smallest absolute Gasteiger partial charge is 0.135 e. The molecule has 0 aromatic heterocycles. The van der Waals surface area contributed by atoms with Gasteiger partial charge < -0.3 is 5.11 Å². The van der Waals surface area contributed by atoms with Crippen LogP contribution in [0.2, 0.25) is 0 Å². The average Bonchev–Trinajstić information content (AvgIpc) is 2.69. The molecule has 0 saturated heterocycles. The van der Waals surface area contributed by atoms with Crippen molar-refractivity contribution in [2.75, 3.05) is 13.1 Å². The molecule has 0 aliphatic rings. The molecule has 0 saturated carbocycles. The Bertz CT molecular complexity index is 777. The van der Waals surface area contributed by atoms with E-state index in [1.807, 2.05) is 60.7 Å². The first kappa shape index (κ1) is 24.6. The van der Waals surface area contributed by atoms with Crippen molar-refractivity contribution in [1.82, 2.24) is 0 Å². The van der Waals surface area contributed by atoms with E-state index in [0.29, 0.717) is 11.4 Å². The zero-order valence-corrected chi connectivity index (χ0v) is 17.6. The molecule has 0 unspecified atom stereocenters. The van der Waals surface area contributed by atoms with Crippen LogP contribution in [0, 0.1) is 0 Å². The number of Topliss-reactive ketones (excluding diaryl/α,β-unsaturated/α-hetero) is 2. The Labute approximate surface area is 182 Å². The predicted octanol–water partition coefficient (Wildman–Crippen LogP) is 3.28. The van der Waals surface area contributed by atoms with Gasteiger partial charge in [0.25, 0.3) is 0 Å². The van der Waals surface area contributed by atoms with Crippen molar-refractivity contribution >= 4 is 23.0 Å². The number of aliphatic hydroxyl groups is 1. The topological polar surface area (TPSA) is 79.1 Å². The summed E-state index contributed by atoms with van der Waals surface area (Å²) in [6, 6.07) is 18.9. The van der Waals surface area contributed by atoms with Gasteiger partial charge in [-0.05, 0) is 25.0 Å². The van der Waals surface area contributed by atoms with Gasteiger partial charge in [0.15, 0.2) is 0 Å². The fraction of sp³-hybridized carbons (Fsp3) is 0.304. The summed E-state index contributed by atoms with van der Waals surface area (Å²) < 4.78 is 0. The number of nitrogens with zero attached hydrogens (tertiary/aromatic N) is 2. The Kier molecular flexibility index (Phi) is 11.0. The van der Waals surface area contributed by atoms with Crippen LogP contribution in [0.25, 0.3) is 0 Å². The van der Waals surface area contributed by atoms with Crippen molar-refractivity contribution < 1.29 is 31.8 Å². The van der Waals surface area contributed by atoms with Gasteiger partial charge in [0.2, 0.25) is 0 Å². The van der Waals surface area contributed by atoms with Crippen molar-refractivity contribution in [3.63, 3.8) is 0 Å². The summed E-state index contributed by atoms with van der Waals surface area (Å²) in [4.78, 5) is 32.0. The molecule has 2 aromatic rings. The Morgan fingerprint density at radius 2 is 1.10 bits per heavy atom. The van der Waals surface area contributed by atoms with E-state index in [-0.39, 0.29) is 54.6 Å². The zero-order valence-electron chi connectivity index (χ0n) is 16.6. The van der Waals surface area contributed by atoms with Gasteiger partial charge in [0, 0.05) is 41.3 Å². The Hall–Kier alpha value is -2.40. The van der Waals surface area contributed by atoms with Gasteiger partial charge in [-0.15, -0.1) is 0 Å². The minimum atomic E-state index is -0.795. The maximum Gasteiger partial charge on any atom is 0.135 e. The molecule has 2 aromatic carbocycles. The van der Waals surface area contributed by atoms with Crippen LogP contribution < -0.4 is 0 Å². The number of benzene rings is 2. The van der Waals surface area contributed by atoms with Crippen LogP contribution in [-0.2, 0) is 26.7 Å². The molecule has 0 atom stereocenters. The van der Waals surface area contributed by atoms with E-state index in [0.717, 1.165) is 11.1 Å². The number of aliphatic imine (C=N–C) groups is 2. The van der Waals surface area contributed by atoms with Crippen LogP contribution >= 0.6 is 0 Å². The van der Waals surface area contributed by atoms with Gasteiger partial charge in [0.1, 0.15) is 11.6 Å². The molecule has 0 heterocycles. The molecular weight excluding hydrogens is 416 g/mol.